The van der Waals surface area contributed by atoms with Gasteiger partial charge in [0.05, 0.1) is 12.7 Å². The van der Waals surface area contributed by atoms with Gasteiger partial charge >= 0.3 is 0 Å². The lowest BCUT2D eigenvalue weighted by Gasteiger charge is -2.01. The number of rotatable bonds is 4. The molecule has 2 rings (SSSR count). The molecule has 0 aliphatic heterocycles. The smallest absolute Gasteiger partial charge is 0.144 e. The first-order valence-electron chi connectivity index (χ1n) is 5.12. The van der Waals surface area contributed by atoms with Crippen molar-refractivity contribution >= 4 is 5.78 Å². The molecule has 0 atom stereocenters. The second kappa shape index (κ2) is 4.91. The number of carbonyl (C=O) groups is 1. The van der Waals surface area contributed by atoms with Crippen molar-refractivity contribution in [2.45, 2.75) is 12.8 Å². The Morgan fingerprint density at radius 1 is 1.12 bits per heavy atom. The molecule has 0 spiro atoms. The van der Waals surface area contributed by atoms with Gasteiger partial charge in [0.1, 0.15) is 23.2 Å². The summed E-state index contributed by atoms with van der Waals surface area (Å²) in [7, 11) is 0. The van der Waals surface area contributed by atoms with Gasteiger partial charge in [-0.3, -0.25) is 4.79 Å². The standard InChI is InChI=1S/C13H10F2O2/c14-10-4-9(5-11(15)7-10)6-12(16)8-13-2-1-3-17-13/h1-5,7H,6,8H2. The minimum atomic E-state index is -0.675. The van der Waals surface area contributed by atoms with Gasteiger partial charge < -0.3 is 4.42 Å². The molecule has 0 saturated carbocycles. The van der Waals surface area contributed by atoms with Crippen molar-refractivity contribution < 1.29 is 18.0 Å². The van der Waals surface area contributed by atoms with Gasteiger partial charge in [0, 0.05) is 12.5 Å². The molecule has 0 aliphatic carbocycles. The molecule has 2 nitrogen and oxygen atoms in total. The minimum Gasteiger partial charge on any atom is -0.469 e. The maximum atomic E-state index is 12.9. The topological polar surface area (TPSA) is 30.2 Å². The number of carbonyl (C=O) groups excluding carboxylic acids is 1. The van der Waals surface area contributed by atoms with Crippen molar-refractivity contribution in [2.24, 2.45) is 0 Å². The number of furan rings is 1. The Hall–Kier alpha value is -1.97. The average molecular weight is 236 g/mol. The maximum absolute atomic E-state index is 12.9. The molecule has 4 heteroatoms. The first-order valence-corrected chi connectivity index (χ1v) is 5.12. The predicted molar refractivity (Wildman–Crippen MR) is 57.5 cm³/mol. The van der Waals surface area contributed by atoms with Crippen LogP contribution in [-0.4, -0.2) is 5.78 Å². The number of ketones is 1. The zero-order valence-corrected chi connectivity index (χ0v) is 8.95. The fourth-order valence-corrected chi connectivity index (χ4v) is 1.61. The van der Waals surface area contributed by atoms with Gasteiger partial charge in [0.25, 0.3) is 0 Å². The van der Waals surface area contributed by atoms with Crippen molar-refractivity contribution in [1.29, 1.82) is 0 Å². The molecular weight excluding hydrogens is 226 g/mol. The Bertz CT molecular complexity index is 498. The van der Waals surface area contributed by atoms with E-state index >= 15 is 0 Å². The zero-order chi connectivity index (χ0) is 12.3. The maximum Gasteiger partial charge on any atom is 0.144 e. The Balaban J connectivity index is 2.03. The van der Waals surface area contributed by atoms with Crippen LogP contribution in [0.25, 0.3) is 0 Å². The van der Waals surface area contributed by atoms with Crippen LogP contribution >= 0.6 is 0 Å². The van der Waals surface area contributed by atoms with Gasteiger partial charge in [-0.25, -0.2) is 8.78 Å². The first kappa shape index (κ1) is 11.5. The van der Waals surface area contributed by atoms with Crippen LogP contribution in [0.15, 0.2) is 41.0 Å². The monoisotopic (exact) mass is 236 g/mol. The summed E-state index contributed by atoms with van der Waals surface area (Å²) in [5.74, 6) is -0.951. The number of benzene rings is 1. The Morgan fingerprint density at radius 3 is 2.41 bits per heavy atom. The second-order valence-corrected chi connectivity index (χ2v) is 3.75. The number of halogens is 2. The Kier molecular flexibility index (Phi) is 3.32. The molecule has 0 unspecified atom stereocenters. The summed E-state index contributed by atoms with van der Waals surface area (Å²) in [5, 5.41) is 0. The van der Waals surface area contributed by atoms with Crippen molar-refractivity contribution in [2.75, 3.05) is 0 Å². The van der Waals surface area contributed by atoms with E-state index in [0.29, 0.717) is 11.3 Å². The minimum absolute atomic E-state index is 0.00458. The molecule has 88 valence electrons. The molecule has 0 radical (unpaired) electrons. The van der Waals surface area contributed by atoms with Crippen LogP contribution in [0.2, 0.25) is 0 Å². The summed E-state index contributed by atoms with van der Waals surface area (Å²) in [6.45, 7) is 0. The largest absolute Gasteiger partial charge is 0.469 e. The van der Waals surface area contributed by atoms with E-state index in [0.717, 1.165) is 18.2 Å². The van der Waals surface area contributed by atoms with Crippen molar-refractivity contribution in [1.82, 2.24) is 0 Å². The third kappa shape index (κ3) is 3.24. The second-order valence-electron chi connectivity index (χ2n) is 3.75. The van der Waals surface area contributed by atoms with Gasteiger partial charge in [-0.15, -0.1) is 0 Å². The lowest BCUT2D eigenvalue weighted by molar-refractivity contribution is -0.118. The Labute approximate surface area is 96.9 Å². The summed E-state index contributed by atoms with van der Waals surface area (Å²) in [4.78, 5) is 11.6. The third-order valence-corrected chi connectivity index (χ3v) is 2.28. The summed E-state index contributed by atoms with van der Waals surface area (Å²) < 4.78 is 30.8. The van der Waals surface area contributed by atoms with E-state index in [4.69, 9.17) is 4.42 Å². The van der Waals surface area contributed by atoms with Crippen LogP contribution in [0.4, 0.5) is 8.78 Å². The number of hydrogen-bond donors (Lipinski definition) is 0. The molecule has 0 amide bonds. The normalized spacial score (nSPS) is 10.5. The van der Waals surface area contributed by atoms with E-state index in [2.05, 4.69) is 0 Å². The van der Waals surface area contributed by atoms with Gasteiger partial charge in [0.15, 0.2) is 0 Å². The average Bonchev–Trinajstić information content (AvgIpc) is 2.67. The first-order chi connectivity index (χ1) is 8.13. The predicted octanol–water partition coefficient (Wildman–Crippen LogP) is 2.91. The summed E-state index contributed by atoms with van der Waals surface area (Å²) in [6.07, 6.45) is 1.60. The molecule has 0 aliphatic rings. The Morgan fingerprint density at radius 2 is 1.82 bits per heavy atom. The quantitative estimate of drug-likeness (QED) is 0.817. The van der Waals surface area contributed by atoms with E-state index in [1.54, 1.807) is 12.1 Å². The molecule has 0 saturated heterocycles. The molecule has 0 fully saturated rings. The lowest BCUT2D eigenvalue weighted by Crippen LogP contribution is -2.06. The molecule has 1 heterocycles. The van der Waals surface area contributed by atoms with E-state index in [1.807, 2.05) is 0 Å². The van der Waals surface area contributed by atoms with Crippen LogP contribution in [0.1, 0.15) is 11.3 Å². The van der Waals surface area contributed by atoms with Gasteiger partial charge in [-0.1, -0.05) is 0 Å². The third-order valence-electron chi connectivity index (χ3n) is 2.28. The van der Waals surface area contributed by atoms with E-state index in [-0.39, 0.29) is 18.6 Å². The van der Waals surface area contributed by atoms with Crippen LogP contribution in [0.5, 0.6) is 0 Å². The molecule has 0 bridgehead atoms. The lowest BCUT2D eigenvalue weighted by atomic mass is 10.1. The van der Waals surface area contributed by atoms with Crippen LogP contribution in [0.3, 0.4) is 0 Å². The molecule has 0 N–H and O–H groups in total. The van der Waals surface area contributed by atoms with Gasteiger partial charge in [0.2, 0.25) is 0 Å². The summed E-state index contributed by atoms with van der Waals surface area (Å²) in [6, 6.07) is 6.46. The highest BCUT2D eigenvalue weighted by atomic mass is 19.1. The summed E-state index contributed by atoms with van der Waals surface area (Å²) in [5.41, 5.74) is 0.332. The van der Waals surface area contributed by atoms with Crippen molar-refractivity contribution in [3.63, 3.8) is 0 Å². The fourth-order valence-electron chi connectivity index (χ4n) is 1.61. The molecule has 17 heavy (non-hydrogen) atoms. The number of hydrogen-bond acceptors (Lipinski definition) is 2. The highest BCUT2D eigenvalue weighted by molar-refractivity contribution is 5.82. The van der Waals surface area contributed by atoms with Crippen LogP contribution in [0, 0.1) is 11.6 Å². The highest BCUT2D eigenvalue weighted by Crippen LogP contribution is 2.10. The van der Waals surface area contributed by atoms with Gasteiger partial charge in [-0.2, -0.15) is 0 Å². The van der Waals surface area contributed by atoms with Crippen molar-refractivity contribution in [3.8, 4) is 0 Å². The van der Waals surface area contributed by atoms with Crippen LogP contribution in [-0.2, 0) is 17.6 Å². The molecule has 1 aromatic carbocycles. The summed E-state index contributed by atoms with van der Waals surface area (Å²) >= 11 is 0. The highest BCUT2D eigenvalue weighted by Gasteiger charge is 2.09. The number of Topliss-reactive ketones (excluding diaryl/α,β-unsaturated/α-hetero) is 1. The SMILES string of the molecule is O=C(Cc1cc(F)cc(F)c1)Cc1ccco1. The fraction of sp³-hybridized carbons (Fsp3) is 0.154. The van der Waals surface area contributed by atoms with E-state index in [9.17, 15) is 13.6 Å². The molecule has 1 aromatic heterocycles. The zero-order valence-electron chi connectivity index (χ0n) is 8.95. The van der Waals surface area contributed by atoms with Crippen molar-refractivity contribution in [3.05, 3.63) is 59.6 Å². The van der Waals surface area contributed by atoms with Crippen LogP contribution < -0.4 is 0 Å². The van der Waals surface area contributed by atoms with E-state index in [1.165, 1.54) is 6.26 Å². The molecular formula is C13H10F2O2. The van der Waals surface area contributed by atoms with E-state index < -0.39 is 11.6 Å². The molecule has 2 aromatic rings. The van der Waals surface area contributed by atoms with Gasteiger partial charge in [-0.05, 0) is 29.8 Å².